The summed E-state index contributed by atoms with van der Waals surface area (Å²) in [7, 11) is 2.03. The second kappa shape index (κ2) is 6.89. The van der Waals surface area contributed by atoms with E-state index in [9.17, 15) is 14.4 Å². The van der Waals surface area contributed by atoms with Crippen LogP contribution in [-0.4, -0.2) is 54.1 Å². The van der Waals surface area contributed by atoms with Gasteiger partial charge in [0.25, 0.3) is 0 Å². The first-order valence-corrected chi connectivity index (χ1v) is 7.14. The van der Waals surface area contributed by atoms with Gasteiger partial charge >= 0.3 is 12.0 Å². The summed E-state index contributed by atoms with van der Waals surface area (Å²) in [6, 6.07) is -0.524. The molecule has 2 unspecified atom stereocenters. The molecule has 0 aromatic heterocycles. The Balaban J connectivity index is 2.43. The maximum Gasteiger partial charge on any atom is 0.321 e. The first-order chi connectivity index (χ1) is 9.61. The number of carboxylic acids is 1. The van der Waals surface area contributed by atoms with E-state index in [1.165, 1.54) is 13.8 Å². The van der Waals surface area contributed by atoms with Crippen molar-refractivity contribution in [1.82, 2.24) is 15.5 Å². The maximum atomic E-state index is 11.8. The number of rotatable bonds is 4. The molecule has 1 aliphatic rings. The van der Waals surface area contributed by atoms with Crippen molar-refractivity contribution >= 4 is 17.9 Å². The lowest BCUT2D eigenvalue weighted by atomic mass is 9.89. The van der Waals surface area contributed by atoms with Gasteiger partial charge in [0.15, 0.2) is 0 Å². The van der Waals surface area contributed by atoms with Crippen LogP contribution in [0.3, 0.4) is 0 Å². The lowest BCUT2D eigenvalue weighted by Gasteiger charge is -2.35. The van der Waals surface area contributed by atoms with Crippen molar-refractivity contribution in [3.05, 3.63) is 0 Å². The summed E-state index contributed by atoms with van der Waals surface area (Å²) in [4.78, 5) is 36.6. The van der Waals surface area contributed by atoms with Gasteiger partial charge in [0.1, 0.15) is 0 Å². The predicted octanol–water partition coefficient (Wildman–Crippen LogP) is 0.653. The zero-order valence-corrected chi connectivity index (χ0v) is 13.1. The van der Waals surface area contributed by atoms with E-state index < -0.39 is 23.3 Å². The third-order valence-corrected chi connectivity index (χ3v) is 3.86. The van der Waals surface area contributed by atoms with Crippen LogP contribution in [0.15, 0.2) is 0 Å². The third-order valence-electron chi connectivity index (χ3n) is 3.86. The van der Waals surface area contributed by atoms with E-state index >= 15 is 0 Å². The number of nitrogens with one attached hydrogen (secondary N) is 2. The van der Waals surface area contributed by atoms with Crippen molar-refractivity contribution in [3.63, 3.8) is 0 Å². The van der Waals surface area contributed by atoms with Gasteiger partial charge in [-0.05, 0) is 39.8 Å². The van der Waals surface area contributed by atoms with Crippen molar-refractivity contribution in [2.45, 2.75) is 39.7 Å². The average molecular weight is 299 g/mol. The minimum atomic E-state index is -1.19. The Bertz CT molecular complexity index is 422. The number of hydrogen-bond donors (Lipinski definition) is 3. The van der Waals surface area contributed by atoms with Crippen LogP contribution in [0.2, 0.25) is 0 Å². The summed E-state index contributed by atoms with van der Waals surface area (Å²) in [5.74, 6) is -1.34. The Kier molecular flexibility index (Phi) is 5.71. The van der Waals surface area contributed by atoms with Gasteiger partial charge in [-0.15, -0.1) is 0 Å². The van der Waals surface area contributed by atoms with E-state index in [1.54, 1.807) is 0 Å². The number of nitrogens with zero attached hydrogens (tertiary/aromatic N) is 1. The number of amides is 3. The number of piperidine rings is 1. The molecular formula is C14H25N3O4. The number of likely N-dealkylation sites (tertiary alicyclic amines) is 1. The highest BCUT2D eigenvalue weighted by molar-refractivity contribution is 5.96. The molecule has 0 aliphatic carbocycles. The van der Waals surface area contributed by atoms with E-state index in [2.05, 4.69) is 22.5 Å². The lowest BCUT2D eigenvalue weighted by Crippen LogP contribution is -2.52. The van der Waals surface area contributed by atoms with Crippen LogP contribution >= 0.6 is 0 Å². The molecule has 1 rings (SSSR count). The normalized spacial score (nSPS) is 23.4. The van der Waals surface area contributed by atoms with Crippen molar-refractivity contribution in [3.8, 4) is 0 Å². The number of hydrogen-bond acceptors (Lipinski definition) is 4. The van der Waals surface area contributed by atoms with E-state index in [-0.39, 0.29) is 12.5 Å². The van der Waals surface area contributed by atoms with Gasteiger partial charge in [0, 0.05) is 19.0 Å². The highest BCUT2D eigenvalue weighted by Crippen LogP contribution is 2.20. The summed E-state index contributed by atoms with van der Waals surface area (Å²) in [5, 5.41) is 14.0. The number of urea groups is 1. The smallest absolute Gasteiger partial charge is 0.321 e. The molecule has 7 heteroatoms. The average Bonchev–Trinajstić information content (AvgIpc) is 2.31. The lowest BCUT2D eigenvalue weighted by molar-refractivity contribution is -0.149. The Hall–Kier alpha value is -1.63. The quantitative estimate of drug-likeness (QED) is 0.708. The number of imide groups is 1. The van der Waals surface area contributed by atoms with Crippen molar-refractivity contribution in [2.75, 3.05) is 20.1 Å². The van der Waals surface area contributed by atoms with Crippen LogP contribution < -0.4 is 10.6 Å². The molecule has 0 radical (unpaired) electrons. The zero-order valence-electron chi connectivity index (χ0n) is 13.1. The van der Waals surface area contributed by atoms with Gasteiger partial charge in [-0.1, -0.05) is 6.92 Å². The van der Waals surface area contributed by atoms with Crippen LogP contribution in [0.5, 0.6) is 0 Å². The number of carboxylic acid groups (broad SMARTS) is 1. The fourth-order valence-electron chi connectivity index (χ4n) is 2.42. The Morgan fingerprint density at radius 2 is 1.95 bits per heavy atom. The minimum Gasteiger partial charge on any atom is -0.481 e. The van der Waals surface area contributed by atoms with E-state index in [4.69, 9.17) is 5.11 Å². The van der Waals surface area contributed by atoms with Crippen LogP contribution in [0.4, 0.5) is 4.79 Å². The summed E-state index contributed by atoms with van der Waals surface area (Å²) < 4.78 is 0. The van der Waals surface area contributed by atoms with E-state index in [0.717, 1.165) is 19.5 Å². The molecule has 1 heterocycles. The van der Waals surface area contributed by atoms with Gasteiger partial charge in [0.2, 0.25) is 5.91 Å². The van der Waals surface area contributed by atoms with E-state index in [1.807, 2.05) is 7.05 Å². The molecule has 3 amide bonds. The molecule has 7 nitrogen and oxygen atoms in total. The van der Waals surface area contributed by atoms with Crippen LogP contribution in [0.25, 0.3) is 0 Å². The summed E-state index contributed by atoms with van der Waals surface area (Å²) in [6.45, 7) is 6.74. The molecule has 0 aromatic carbocycles. The van der Waals surface area contributed by atoms with Gasteiger partial charge in [-0.3, -0.25) is 14.9 Å². The SMILES string of the molecule is CC1CN(C)CCC1NC(=O)NC(=O)CC(C)(C)C(=O)O. The van der Waals surface area contributed by atoms with E-state index in [0.29, 0.717) is 5.92 Å². The van der Waals surface area contributed by atoms with Crippen LogP contribution in [0.1, 0.15) is 33.6 Å². The fourth-order valence-corrected chi connectivity index (χ4v) is 2.42. The van der Waals surface area contributed by atoms with Crippen molar-refractivity contribution in [2.24, 2.45) is 11.3 Å². The Morgan fingerprint density at radius 1 is 1.33 bits per heavy atom. The van der Waals surface area contributed by atoms with Gasteiger partial charge in [-0.25, -0.2) is 4.79 Å². The minimum absolute atomic E-state index is 0.0292. The molecule has 0 aromatic rings. The van der Waals surface area contributed by atoms with Crippen molar-refractivity contribution < 1.29 is 19.5 Å². The number of carbonyl (C=O) groups is 3. The Morgan fingerprint density at radius 3 is 2.48 bits per heavy atom. The summed E-state index contributed by atoms with van der Waals surface area (Å²) >= 11 is 0. The summed E-state index contributed by atoms with van der Waals surface area (Å²) in [6.07, 6.45) is 0.596. The third kappa shape index (κ3) is 5.34. The van der Waals surface area contributed by atoms with Crippen molar-refractivity contribution in [1.29, 1.82) is 0 Å². The number of carbonyl (C=O) groups excluding carboxylic acids is 2. The van der Waals surface area contributed by atoms with Crippen LogP contribution in [-0.2, 0) is 9.59 Å². The second-order valence-corrected chi connectivity index (χ2v) is 6.52. The summed E-state index contributed by atoms with van der Waals surface area (Å²) in [5.41, 5.74) is -1.19. The van der Waals surface area contributed by atoms with Crippen LogP contribution in [0, 0.1) is 11.3 Å². The fraction of sp³-hybridized carbons (Fsp3) is 0.786. The molecule has 21 heavy (non-hydrogen) atoms. The number of aliphatic carboxylic acids is 1. The molecule has 120 valence electrons. The van der Waals surface area contributed by atoms with Gasteiger partial charge < -0.3 is 15.3 Å². The molecule has 2 atom stereocenters. The molecule has 0 saturated carbocycles. The monoisotopic (exact) mass is 299 g/mol. The topological polar surface area (TPSA) is 98.7 Å². The first kappa shape index (κ1) is 17.4. The highest BCUT2D eigenvalue weighted by atomic mass is 16.4. The molecule has 1 fully saturated rings. The molecule has 1 aliphatic heterocycles. The Labute approximate surface area is 125 Å². The predicted molar refractivity (Wildman–Crippen MR) is 77.8 cm³/mol. The first-order valence-electron chi connectivity index (χ1n) is 7.14. The largest absolute Gasteiger partial charge is 0.481 e. The zero-order chi connectivity index (χ0) is 16.2. The molecule has 0 bridgehead atoms. The standard InChI is InChI=1S/C14H25N3O4/c1-9-8-17(4)6-5-10(9)15-13(21)16-11(18)7-14(2,3)12(19)20/h9-10H,5-8H2,1-4H3,(H,19,20)(H2,15,16,18,21). The highest BCUT2D eigenvalue weighted by Gasteiger charge is 2.31. The molecule has 1 saturated heterocycles. The van der Waals surface area contributed by atoms with Gasteiger partial charge in [0.05, 0.1) is 5.41 Å². The molecule has 3 N–H and O–H groups in total. The second-order valence-electron chi connectivity index (χ2n) is 6.52. The molecule has 0 spiro atoms. The maximum absolute atomic E-state index is 11.8. The van der Waals surface area contributed by atoms with Gasteiger partial charge in [-0.2, -0.15) is 0 Å². The molecular weight excluding hydrogens is 274 g/mol.